The Morgan fingerprint density at radius 2 is 1.88 bits per heavy atom. The van der Waals surface area contributed by atoms with Crippen LogP contribution in [0.3, 0.4) is 0 Å². The Morgan fingerprint density at radius 3 is 2.50 bits per heavy atom. The lowest BCUT2D eigenvalue weighted by molar-refractivity contribution is -0.136. The second-order valence-corrected chi connectivity index (χ2v) is 7.93. The van der Waals surface area contributed by atoms with Crippen molar-refractivity contribution in [3.05, 3.63) is 110 Å². The highest BCUT2D eigenvalue weighted by molar-refractivity contribution is 5.92. The fraction of sp³-hybridized carbons (Fsp3) is 0.200. The number of benzene rings is 2. The van der Waals surface area contributed by atoms with Gasteiger partial charge in [-0.15, -0.1) is 0 Å². The molecule has 4 rings (SSSR count). The van der Waals surface area contributed by atoms with E-state index in [-0.39, 0.29) is 39.2 Å². The monoisotopic (exact) mass is 462 g/mol. The van der Waals surface area contributed by atoms with Gasteiger partial charge < -0.3 is 30.2 Å². The zero-order valence-electron chi connectivity index (χ0n) is 18.7. The van der Waals surface area contributed by atoms with Gasteiger partial charge in [0.05, 0.1) is 24.3 Å². The van der Waals surface area contributed by atoms with Gasteiger partial charge >= 0.3 is 5.97 Å². The Kier molecular flexibility index (Phi) is 6.40. The first-order chi connectivity index (χ1) is 16.3. The zero-order chi connectivity index (χ0) is 24.4. The smallest absolute Gasteiger partial charge is 0.340 e. The van der Waals surface area contributed by atoms with Gasteiger partial charge in [-0.05, 0) is 36.6 Å². The third-order valence-corrected chi connectivity index (χ3v) is 5.89. The number of aromatic nitrogens is 1. The van der Waals surface area contributed by atoms with Crippen LogP contribution in [0, 0.1) is 12.1 Å². The van der Waals surface area contributed by atoms with E-state index < -0.39 is 11.9 Å². The molecule has 0 saturated heterocycles. The van der Waals surface area contributed by atoms with Crippen molar-refractivity contribution in [3.63, 3.8) is 0 Å². The number of anilines is 1. The topological polar surface area (TPSA) is 130 Å². The number of carbonyl (C=O) groups excluding carboxylic acids is 1. The third-order valence-electron chi connectivity index (χ3n) is 5.89. The minimum atomic E-state index is -0.889. The van der Waals surface area contributed by atoms with Crippen molar-refractivity contribution in [3.8, 4) is 5.75 Å². The largest absolute Gasteiger partial charge is 0.733 e. The molecule has 2 aromatic carbocycles. The Balaban J connectivity index is 1.85. The molecule has 0 amide bonds. The lowest BCUT2D eigenvalue weighted by Gasteiger charge is -2.29. The number of esters is 1. The van der Waals surface area contributed by atoms with Crippen molar-refractivity contribution >= 4 is 11.7 Å². The summed E-state index contributed by atoms with van der Waals surface area (Å²) in [5.74, 6) is -1.53. The molecule has 1 aliphatic heterocycles. The van der Waals surface area contributed by atoms with Gasteiger partial charge in [-0.3, -0.25) is 10.0 Å². The van der Waals surface area contributed by atoms with Crippen LogP contribution in [-0.2, 0) is 22.5 Å². The van der Waals surface area contributed by atoms with Crippen LogP contribution in [-0.4, -0.2) is 22.9 Å². The quantitative estimate of drug-likeness (QED) is 0.422. The number of aryl methyl sites for hydroxylation is 2. The number of ether oxygens (including phenoxy) is 2. The van der Waals surface area contributed by atoms with Crippen LogP contribution in [0.25, 0.3) is 0 Å². The minimum Gasteiger partial charge on any atom is -0.733 e. The maximum Gasteiger partial charge on any atom is 0.340 e. The molecule has 2 heterocycles. The molecular formula is C25H24N3O6-. The Labute approximate surface area is 195 Å². The number of nitrogens with zero attached hydrogens (tertiary/aromatic N) is 2. The molecule has 0 spiro atoms. The molecule has 176 valence electrons. The summed E-state index contributed by atoms with van der Waals surface area (Å²) in [5, 5.41) is 20.1. The van der Waals surface area contributed by atoms with Crippen molar-refractivity contribution in [2.24, 2.45) is 5.73 Å². The third kappa shape index (κ3) is 4.26. The van der Waals surface area contributed by atoms with Crippen molar-refractivity contribution in [2.75, 3.05) is 12.3 Å². The van der Waals surface area contributed by atoms with Crippen molar-refractivity contribution < 1.29 is 19.5 Å². The maximum atomic E-state index is 13.7. The van der Waals surface area contributed by atoms with E-state index in [1.54, 1.807) is 29.7 Å². The van der Waals surface area contributed by atoms with Crippen LogP contribution in [0.15, 0.2) is 76.9 Å². The average Bonchev–Trinajstić information content (AvgIpc) is 2.83. The number of hydrogen-bond acceptors (Lipinski definition) is 8. The molecule has 0 radical (unpaired) electrons. The SMILES string of the molecule is COC(=O)C1=C(N)Oc2cc(C)n(CCc3ccccc3)c(=O)c2[C@H]1c1ccc(N([O-])O)cc1. The molecule has 3 N–H and O–H groups in total. The summed E-state index contributed by atoms with van der Waals surface area (Å²) < 4.78 is 12.3. The van der Waals surface area contributed by atoms with Gasteiger partial charge in [0.2, 0.25) is 5.88 Å². The minimum absolute atomic E-state index is 0.00298. The summed E-state index contributed by atoms with van der Waals surface area (Å²) in [6.07, 6.45) is 0.637. The predicted molar refractivity (Wildman–Crippen MR) is 125 cm³/mol. The normalized spacial score (nSPS) is 14.9. The fourth-order valence-corrected chi connectivity index (χ4v) is 4.19. The van der Waals surface area contributed by atoms with Crippen molar-refractivity contribution in [1.82, 2.24) is 4.57 Å². The zero-order valence-corrected chi connectivity index (χ0v) is 18.7. The molecule has 34 heavy (non-hydrogen) atoms. The number of methoxy groups -OCH3 is 1. The summed E-state index contributed by atoms with van der Waals surface area (Å²) in [4.78, 5) is 26.4. The van der Waals surface area contributed by atoms with Crippen LogP contribution in [0.4, 0.5) is 5.69 Å². The van der Waals surface area contributed by atoms with Gasteiger partial charge in [0, 0.05) is 18.3 Å². The summed E-state index contributed by atoms with van der Waals surface area (Å²) in [7, 11) is 1.21. The predicted octanol–water partition coefficient (Wildman–Crippen LogP) is 2.96. The molecule has 0 aliphatic carbocycles. The molecule has 0 bridgehead atoms. The number of carbonyl (C=O) groups is 1. The van der Waals surface area contributed by atoms with E-state index in [2.05, 4.69) is 0 Å². The molecule has 3 aromatic rings. The fourth-order valence-electron chi connectivity index (χ4n) is 4.19. The van der Waals surface area contributed by atoms with E-state index in [9.17, 15) is 14.8 Å². The van der Waals surface area contributed by atoms with Crippen molar-refractivity contribution in [1.29, 1.82) is 0 Å². The standard InChI is InChI=1S/C25H24N3O6/c1-15-14-19-21(24(29)27(15)13-12-16-6-4-3-5-7-16)20(22(23(26)34-19)25(30)33-2)17-8-10-18(11-9-17)28(31)32/h3-11,14,20,31H,12-13,26H2,1-2H3/q-1/t20-/m1/s1. The van der Waals surface area contributed by atoms with Crippen LogP contribution < -0.4 is 21.3 Å². The van der Waals surface area contributed by atoms with Gasteiger partial charge in [-0.2, -0.15) is 0 Å². The van der Waals surface area contributed by atoms with Crippen LogP contribution in [0.1, 0.15) is 28.3 Å². The first kappa shape index (κ1) is 23.1. The van der Waals surface area contributed by atoms with Gasteiger partial charge in [-0.1, -0.05) is 42.5 Å². The van der Waals surface area contributed by atoms with Crippen LogP contribution in [0.5, 0.6) is 5.75 Å². The highest BCUT2D eigenvalue weighted by Gasteiger charge is 2.38. The molecule has 9 nitrogen and oxygen atoms in total. The number of hydrogen-bond donors (Lipinski definition) is 2. The summed E-state index contributed by atoms with van der Waals surface area (Å²) in [5.41, 5.74) is 8.28. The highest BCUT2D eigenvalue weighted by Crippen LogP contribution is 2.41. The van der Waals surface area contributed by atoms with E-state index >= 15 is 0 Å². The number of fused-ring (bicyclic) bond motifs is 1. The first-order valence-electron chi connectivity index (χ1n) is 10.6. The lowest BCUT2D eigenvalue weighted by atomic mass is 9.83. The average molecular weight is 462 g/mol. The molecule has 0 saturated carbocycles. The van der Waals surface area contributed by atoms with Gasteiger partial charge in [0.15, 0.2) is 0 Å². The number of nitrogens with two attached hydrogens (primary N) is 1. The molecule has 0 fully saturated rings. The van der Waals surface area contributed by atoms with E-state index in [4.69, 9.17) is 20.4 Å². The second kappa shape index (κ2) is 9.42. The number of pyridine rings is 1. The van der Waals surface area contributed by atoms with Crippen LogP contribution in [0.2, 0.25) is 0 Å². The molecule has 9 heteroatoms. The van der Waals surface area contributed by atoms with Crippen LogP contribution >= 0.6 is 0 Å². The maximum absolute atomic E-state index is 13.7. The van der Waals surface area contributed by atoms with E-state index in [1.165, 1.54) is 19.2 Å². The molecule has 1 aliphatic rings. The van der Waals surface area contributed by atoms with E-state index in [1.807, 2.05) is 30.3 Å². The molecule has 1 aromatic heterocycles. The molecular weight excluding hydrogens is 438 g/mol. The molecule has 1 atom stereocenters. The summed E-state index contributed by atoms with van der Waals surface area (Å²) in [6, 6.07) is 17.4. The molecule has 0 unspecified atom stereocenters. The lowest BCUT2D eigenvalue weighted by Crippen LogP contribution is -2.35. The van der Waals surface area contributed by atoms with Crippen molar-refractivity contribution in [2.45, 2.75) is 25.8 Å². The Bertz CT molecular complexity index is 1300. The van der Waals surface area contributed by atoms with E-state index in [0.29, 0.717) is 24.2 Å². The number of rotatable bonds is 6. The summed E-state index contributed by atoms with van der Waals surface area (Å²) >= 11 is 0. The highest BCUT2D eigenvalue weighted by atomic mass is 16.8. The van der Waals surface area contributed by atoms with Gasteiger partial charge in [0.25, 0.3) is 5.56 Å². The Hall–Kier alpha value is -4.08. The first-order valence-corrected chi connectivity index (χ1v) is 10.6. The van der Waals surface area contributed by atoms with Gasteiger partial charge in [0.1, 0.15) is 11.3 Å². The van der Waals surface area contributed by atoms with E-state index in [0.717, 1.165) is 5.56 Å². The second-order valence-electron chi connectivity index (χ2n) is 7.93. The summed E-state index contributed by atoms with van der Waals surface area (Å²) in [6.45, 7) is 2.23. The Morgan fingerprint density at radius 1 is 1.21 bits per heavy atom. The van der Waals surface area contributed by atoms with Gasteiger partial charge in [-0.25, -0.2) is 4.79 Å².